The SMILES string of the molecule is COCCNC(=O)c1cc(C)c(Nc2ncc(C(F)(F)F)c(N[C@@H]3Cc4ccccc4[C@H]3NC(C)=O)n2)cn1. The number of amides is 2. The Hall–Kier alpha value is -4.26. The first-order valence-corrected chi connectivity index (χ1v) is 12.1. The average molecular weight is 544 g/mol. The average Bonchev–Trinajstić information content (AvgIpc) is 3.21. The van der Waals surface area contributed by atoms with Crippen molar-refractivity contribution in [2.24, 2.45) is 0 Å². The summed E-state index contributed by atoms with van der Waals surface area (Å²) in [4.78, 5) is 36.2. The smallest absolute Gasteiger partial charge is 0.383 e. The molecule has 0 saturated heterocycles. The minimum atomic E-state index is -4.72. The molecule has 1 aromatic carbocycles. The number of nitrogens with one attached hydrogen (secondary N) is 4. The number of rotatable bonds is 9. The summed E-state index contributed by atoms with van der Waals surface area (Å²) < 4.78 is 46.5. The van der Waals surface area contributed by atoms with Crippen molar-refractivity contribution in [2.75, 3.05) is 30.9 Å². The van der Waals surface area contributed by atoms with E-state index in [0.29, 0.717) is 37.0 Å². The van der Waals surface area contributed by atoms with Crippen molar-refractivity contribution < 1.29 is 27.5 Å². The number of ether oxygens (including phenoxy) is 1. The number of pyridine rings is 1. The van der Waals surface area contributed by atoms with Crippen LogP contribution in [0.25, 0.3) is 0 Å². The number of hydrogen-bond donors (Lipinski definition) is 4. The van der Waals surface area contributed by atoms with E-state index in [1.807, 2.05) is 24.3 Å². The number of carbonyl (C=O) groups excluding carboxylic acids is 2. The molecule has 0 spiro atoms. The Bertz CT molecular complexity index is 1370. The minimum absolute atomic E-state index is 0.0979. The number of carbonyl (C=O) groups is 2. The van der Waals surface area contributed by atoms with Crippen LogP contribution in [-0.4, -0.2) is 53.1 Å². The maximum atomic E-state index is 13.9. The molecule has 0 fully saturated rings. The number of benzene rings is 1. The lowest BCUT2D eigenvalue weighted by atomic mass is 10.1. The van der Waals surface area contributed by atoms with Gasteiger partial charge in [0.15, 0.2) is 0 Å². The fourth-order valence-electron chi connectivity index (χ4n) is 4.35. The van der Waals surface area contributed by atoms with Gasteiger partial charge in [-0.15, -0.1) is 0 Å². The first-order chi connectivity index (χ1) is 18.6. The van der Waals surface area contributed by atoms with Crippen LogP contribution in [0.4, 0.5) is 30.6 Å². The Balaban J connectivity index is 1.59. The Labute approximate surface area is 222 Å². The van der Waals surface area contributed by atoms with E-state index < -0.39 is 29.6 Å². The van der Waals surface area contributed by atoms with Crippen molar-refractivity contribution in [3.8, 4) is 0 Å². The number of hydrogen-bond acceptors (Lipinski definition) is 8. The Morgan fingerprint density at radius 3 is 2.62 bits per heavy atom. The summed E-state index contributed by atoms with van der Waals surface area (Å²) in [5, 5.41) is 11.3. The Morgan fingerprint density at radius 2 is 1.92 bits per heavy atom. The van der Waals surface area contributed by atoms with Crippen LogP contribution in [0.1, 0.15) is 45.7 Å². The van der Waals surface area contributed by atoms with E-state index in [1.165, 1.54) is 20.2 Å². The summed E-state index contributed by atoms with van der Waals surface area (Å²) in [6.07, 6.45) is -2.24. The van der Waals surface area contributed by atoms with Gasteiger partial charge in [-0.05, 0) is 36.1 Å². The van der Waals surface area contributed by atoms with Gasteiger partial charge in [0, 0.05) is 26.8 Å². The third-order valence-corrected chi connectivity index (χ3v) is 6.19. The molecule has 4 N–H and O–H groups in total. The molecule has 1 aliphatic rings. The van der Waals surface area contributed by atoms with Gasteiger partial charge in [-0.2, -0.15) is 18.2 Å². The summed E-state index contributed by atoms with van der Waals surface area (Å²) in [5.74, 6) is -1.21. The van der Waals surface area contributed by atoms with Gasteiger partial charge in [0.25, 0.3) is 5.91 Å². The third kappa shape index (κ3) is 6.60. The van der Waals surface area contributed by atoms with Gasteiger partial charge < -0.3 is 26.0 Å². The Morgan fingerprint density at radius 1 is 1.15 bits per heavy atom. The van der Waals surface area contributed by atoms with Crippen LogP contribution >= 0.6 is 0 Å². The predicted molar refractivity (Wildman–Crippen MR) is 138 cm³/mol. The number of fused-ring (bicyclic) bond motifs is 1. The van der Waals surface area contributed by atoms with E-state index in [4.69, 9.17) is 4.74 Å². The minimum Gasteiger partial charge on any atom is -0.383 e. The highest BCUT2D eigenvalue weighted by Gasteiger charge is 2.38. The lowest BCUT2D eigenvalue weighted by molar-refractivity contribution is -0.137. The summed E-state index contributed by atoms with van der Waals surface area (Å²) >= 11 is 0. The number of alkyl halides is 3. The zero-order valence-corrected chi connectivity index (χ0v) is 21.5. The van der Waals surface area contributed by atoms with Crippen LogP contribution in [0.2, 0.25) is 0 Å². The van der Waals surface area contributed by atoms with Gasteiger partial charge >= 0.3 is 6.18 Å². The molecule has 206 valence electrons. The quantitative estimate of drug-likeness (QED) is 0.302. The second-order valence-corrected chi connectivity index (χ2v) is 9.04. The highest BCUT2D eigenvalue weighted by Crippen LogP contribution is 2.38. The van der Waals surface area contributed by atoms with Crippen molar-refractivity contribution in [3.63, 3.8) is 0 Å². The molecule has 0 aliphatic heterocycles. The molecular weight excluding hydrogens is 515 g/mol. The molecule has 3 aromatic rings. The molecule has 39 heavy (non-hydrogen) atoms. The van der Waals surface area contributed by atoms with Gasteiger partial charge in [-0.1, -0.05) is 24.3 Å². The van der Waals surface area contributed by atoms with Gasteiger partial charge in [0.2, 0.25) is 11.9 Å². The van der Waals surface area contributed by atoms with E-state index in [9.17, 15) is 22.8 Å². The molecule has 0 unspecified atom stereocenters. The molecule has 0 radical (unpaired) electrons. The normalized spacial score (nSPS) is 16.4. The molecule has 2 atom stereocenters. The number of methoxy groups -OCH3 is 1. The molecular formula is C26H28F3N7O3. The molecule has 4 rings (SSSR count). The first kappa shape index (κ1) is 27.8. The van der Waals surface area contributed by atoms with E-state index in [2.05, 4.69) is 36.2 Å². The number of nitrogens with zero attached hydrogens (tertiary/aromatic N) is 3. The van der Waals surface area contributed by atoms with Crippen molar-refractivity contribution in [3.05, 3.63) is 70.7 Å². The van der Waals surface area contributed by atoms with Gasteiger partial charge in [-0.3, -0.25) is 9.59 Å². The molecule has 2 heterocycles. The maximum Gasteiger partial charge on any atom is 0.421 e. The predicted octanol–water partition coefficient (Wildman–Crippen LogP) is 3.53. The zero-order chi connectivity index (χ0) is 28.2. The standard InChI is InChI=1S/C26H28F3N7O3/c1-14-10-20(24(38)30-8-9-39-3)31-13-21(14)35-25-32-12-18(26(27,28)29)23(36-25)34-19-11-16-6-4-5-7-17(16)22(19)33-15(2)37/h4-7,10,12-13,19,22H,8-9,11H2,1-3H3,(H,30,38)(H,33,37)(H2,32,34,35,36)/t19-,22-/m1/s1. The third-order valence-electron chi connectivity index (χ3n) is 6.19. The van der Waals surface area contributed by atoms with Crippen LogP contribution in [-0.2, 0) is 22.1 Å². The monoisotopic (exact) mass is 543 g/mol. The first-order valence-electron chi connectivity index (χ1n) is 12.1. The highest BCUT2D eigenvalue weighted by atomic mass is 19.4. The summed E-state index contributed by atoms with van der Waals surface area (Å²) in [5.41, 5.74) is 1.91. The van der Waals surface area contributed by atoms with Crippen molar-refractivity contribution in [2.45, 2.75) is 38.5 Å². The zero-order valence-electron chi connectivity index (χ0n) is 21.5. The van der Waals surface area contributed by atoms with E-state index in [-0.39, 0.29) is 23.5 Å². The summed E-state index contributed by atoms with van der Waals surface area (Å²) in [6.45, 7) is 3.74. The van der Waals surface area contributed by atoms with Crippen LogP contribution in [0.5, 0.6) is 0 Å². The second-order valence-electron chi connectivity index (χ2n) is 9.04. The number of aryl methyl sites for hydroxylation is 1. The number of halogens is 3. The molecule has 2 amide bonds. The lowest BCUT2D eigenvalue weighted by Gasteiger charge is -2.24. The second kappa shape index (κ2) is 11.6. The molecule has 10 nitrogen and oxygen atoms in total. The van der Waals surface area contributed by atoms with Crippen LogP contribution in [0, 0.1) is 6.92 Å². The van der Waals surface area contributed by atoms with Crippen LogP contribution in [0.3, 0.4) is 0 Å². The van der Waals surface area contributed by atoms with Crippen LogP contribution in [0.15, 0.2) is 42.7 Å². The molecule has 1 aliphatic carbocycles. The van der Waals surface area contributed by atoms with E-state index >= 15 is 0 Å². The fraction of sp³-hybridized carbons (Fsp3) is 0.346. The van der Waals surface area contributed by atoms with E-state index in [0.717, 1.165) is 11.1 Å². The molecule has 0 saturated carbocycles. The molecule has 2 aromatic heterocycles. The van der Waals surface area contributed by atoms with Gasteiger partial charge in [0.05, 0.1) is 30.6 Å². The van der Waals surface area contributed by atoms with Gasteiger partial charge in [0.1, 0.15) is 17.1 Å². The van der Waals surface area contributed by atoms with Crippen molar-refractivity contribution in [1.29, 1.82) is 0 Å². The largest absolute Gasteiger partial charge is 0.421 e. The maximum absolute atomic E-state index is 13.9. The number of aromatic nitrogens is 3. The van der Waals surface area contributed by atoms with E-state index in [1.54, 1.807) is 13.0 Å². The molecule has 0 bridgehead atoms. The topological polar surface area (TPSA) is 130 Å². The van der Waals surface area contributed by atoms with Crippen LogP contribution < -0.4 is 21.3 Å². The lowest BCUT2D eigenvalue weighted by Crippen LogP contribution is -2.37. The Kier molecular flexibility index (Phi) is 8.29. The summed E-state index contributed by atoms with van der Waals surface area (Å²) in [6, 6.07) is 7.79. The van der Waals surface area contributed by atoms with Crippen molar-refractivity contribution >= 4 is 29.3 Å². The fourth-order valence-corrected chi connectivity index (χ4v) is 4.35. The molecule has 13 heteroatoms. The summed E-state index contributed by atoms with van der Waals surface area (Å²) in [7, 11) is 1.52. The number of anilines is 3. The van der Waals surface area contributed by atoms with Gasteiger partial charge in [-0.25, -0.2) is 9.97 Å². The van der Waals surface area contributed by atoms with Crippen molar-refractivity contribution in [1.82, 2.24) is 25.6 Å². The highest BCUT2D eigenvalue weighted by molar-refractivity contribution is 5.92.